The van der Waals surface area contributed by atoms with Crippen LogP contribution in [0.5, 0.6) is 17.2 Å². The summed E-state index contributed by atoms with van der Waals surface area (Å²) in [5.74, 6) is -0.702. The standard InChI is InChI=1S/C26H22FNO6/c1-32-23-4-2-3-5-24(23)34-21-12-10-20(11-13-21)28-15-18(14-25(28)30)26(31)33-16-22(29)17-6-8-19(27)9-7-17/h2-13,18H,14-16H2,1H3/t18-/m1/s1. The lowest BCUT2D eigenvalue weighted by atomic mass is 10.1. The molecule has 0 aromatic heterocycles. The maximum Gasteiger partial charge on any atom is 0.311 e. The number of methoxy groups -OCH3 is 1. The van der Waals surface area contributed by atoms with Crippen molar-refractivity contribution >= 4 is 23.3 Å². The van der Waals surface area contributed by atoms with Crippen molar-refractivity contribution in [3.05, 3.63) is 84.2 Å². The van der Waals surface area contributed by atoms with E-state index in [4.69, 9.17) is 14.2 Å². The monoisotopic (exact) mass is 463 g/mol. The Labute approximate surface area is 195 Å². The zero-order chi connectivity index (χ0) is 24.1. The molecule has 1 saturated heterocycles. The predicted molar refractivity (Wildman–Crippen MR) is 122 cm³/mol. The fourth-order valence-electron chi connectivity index (χ4n) is 3.61. The molecule has 1 fully saturated rings. The van der Waals surface area contributed by atoms with Crippen molar-refractivity contribution in [3.8, 4) is 17.2 Å². The second-order valence-corrected chi connectivity index (χ2v) is 7.69. The number of rotatable bonds is 8. The van der Waals surface area contributed by atoms with E-state index in [0.717, 1.165) is 12.1 Å². The summed E-state index contributed by atoms with van der Waals surface area (Å²) in [5, 5.41) is 0. The van der Waals surface area contributed by atoms with E-state index in [1.807, 2.05) is 12.1 Å². The molecule has 0 aliphatic carbocycles. The summed E-state index contributed by atoms with van der Waals surface area (Å²) < 4.78 is 29.2. The van der Waals surface area contributed by atoms with Crippen molar-refractivity contribution in [2.75, 3.05) is 25.2 Å². The Hall–Kier alpha value is -4.20. The Bertz CT molecular complexity index is 1190. The Morgan fingerprint density at radius 2 is 1.65 bits per heavy atom. The smallest absolute Gasteiger partial charge is 0.311 e. The molecule has 34 heavy (non-hydrogen) atoms. The first-order valence-electron chi connectivity index (χ1n) is 10.6. The third-order valence-corrected chi connectivity index (χ3v) is 5.42. The maximum absolute atomic E-state index is 13.0. The molecule has 0 bridgehead atoms. The van der Waals surface area contributed by atoms with Gasteiger partial charge in [0, 0.05) is 24.2 Å². The quantitative estimate of drug-likeness (QED) is 0.364. The molecule has 1 heterocycles. The lowest BCUT2D eigenvalue weighted by Gasteiger charge is -2.17. The number of esters is 1. The van der Waals surface area contributed by atoms with Crippen molar-refractivity contribution in [1.29, 1.82) is 0 Å². The number of ether oxygens (including phenoxy) is 3. The van der Waals surface area contributed by atoms with Crippen molar-refractivity contribution in [2.45, 2.75) is 6.42 Å². The molecule has 8 heteroatoms. The van der Waals surface area contributed by atoms with Gasteiger partial charge >= 0.3 is 5.97 Å². The van der Waals surface area contributed by atoms with Crippen LogP contribution in [-0.4, -0.2) is 37.9 Å². The van der Waals surface area contributed by atoms with Crippen LogP contribution in [0, 0.1) is 11.7 Å². The van der Waals surface area contributed by atoms with Crippen LogP contribution in [0.4, 0.5) is 10.1 Å². The maximum atomic E-state index is 13.0. The number of amides is 1. The fraction of sp³-hybridized carbons (Fsp3) is 0.192. The summed E-state index contributed by atoms with van der Waals surface area (Å²) in [5.41, 5.74) is 0.865. The van der Waals surface area contributed by atoms with Crippen LogP contribution >= 0.6 is 0 Å². The van der Waals surface area contributed by atoms with E-state index < -0.39 is 30.1 Å². The molecule has 4 rings (SSSR count). The van der Waals surface area contributed by atoms with Gasteiger partial charge in [0.1, 0.15) is 11.6 Å². The summed E-state index contributed by atoms with van der Waals surface area (Å²) in [6.45, 7) is -0.320. The molecule has 0 radical (unpaired) electrons. The molecule has 3 aromatic rings. The van der Waals surface area contributed by atoms with Crippen molar-refractivity contribution < 1.29 is 33.0 Å². The fourth-order valence-corrected chi connectivity index (χ4v) is 3.61. The molecular weight excluding hydrogens is 441 g/mol. The summed E-state index contributed by atoms with van der Waals surface area (Å²) >= 11 is 0. The third kappa shape index (κ3) is 5.23. The van der Waals surface area contributed by atoms with Crippen molar-refractivity contribution in [1.82, 2.24) is 0 Å². The van der Waals surface area contributed by atoms with Crippen LogP contribution in [0.1, 0.15) is 16.8 Å². The number of Topliss-reactive ketones (excluding diaryl/α,β-unsaturated/α-hetero) is 1. The van der Waals surface area contributed by atoms with Gasteiger partial charge in [0.2, 0.25) is 5.91 Å². The van der Waals surface area contributed by atoms with E-state index in [9.17, 15) is 18.8 Å². The van der Waals surface area contributed by atoms with Crippen LogP contribution in [0.3, 0.4) is 0 Å². The minimum absolute atomic E-state index is 0.0109. The molecule has 174 valence electrons. The zero-order valence-corrected chi connectivity index (χ0v) is 18.4. The minimum atomic E-state index is -0.682. The number of para-hydroxylation sites is 2. The van der Waals surface area contributed by atoms with Gasteiger partial charge < -0.3 is 19.1 Å². The highest BCUT2D eigenvalue weighted by molar-refractivity contribution is 6.01. The normalized spacial score (nSPS) is 15.2. The molecule has 7 nitrogen and oxygen atoms in total. The molecule has 0 unspecified atom stereocenters. The third-order valence-electron chi connectivity index (χ3n) is 5.42. The lowest BCUT2D eigenvalue weighted by Crippen LogP contribution is -2.27. The Morgan fingerprint density at radius 1 is 0.971 bits per heavy atom. The summed E-state index contributed by atoms with van der Waals surface area (Å²) in [7, 11) is 1.56. The number of carbonyl (C=O) groups excluding carboxylic acids is 3. The number of anilines is 1. The van der Waals surface area contributed by atoms with Crippen molar-refractivity contribution in [2.24, 2.45) is 5.92 Å². The number of hydrogen-bond donors (Lipinski definition) is 0. The first kappa shape index (κ1) is 23.0. The van der Waals surface area contributed by atoms with Gasteiger partial charge in [-0.3, -0.25) is 14.4 Å². The minimum Gasteiger partial charge on any atom is -0.493 e. The van der Waals surface area contributed by atoms with E-state index in [2.05, 4.69) is 0 Å². The SMILES string of the molecule is COc1ccccc1Oc1ccc(N2C[C@H](C(=O)OCC(=O)c3ccc(F)cc3)CC2=O)cc1. The number of halogens is 1. The van der Waals surface area contributed by atoms with Gasteiger partial charge in [0.25, 0.3) is 0 Å². The van der Waals surface area contributed by atoms with E-state index >= 15 is 0 Å². The number of nitrogens with zero attached hydrogens (tertiary/aromatic N) is 1. The molecule has 1 amide bonds. The van der Waals surface area contributed by atoms with Gasteiger partial charge in [-0.2, -0.15) is 0 Å². The Kier molecular flexibility index (Phi) is 6.87. The van der Waals surface area contributed by atoms with Crippen LogP contribution in [0.25, 0.3) is 0 Å². The second kappa shape index (κ2) is 10.2. The van der Waals surface area contributed by atoms with Gasteiger partial charge in [-0.15, -0.1) is 0 Å². The molecule has 1 aliphatic heterocycles. The average molecular weight is 463 g/mol. The number of hydrogen-bond acceptors (Lipinski definition) is 6. The topological polar surface area (TPSA) is 82.1 Å². The van der Waals surface area contributed by atoms with Gasteiger partial charge in [-0.25, -0.2) is 4.39 Å². The lowest BCUT2D eigenvalue weighted by molar-refractivity contribution is -0.147. The van der Waals surface area contributed by atoms with Gasteiger partial charge in [0.15, 0.2) is 23.9 Å². The number of benzene rings is 3. The Morgan fingerprint density at radius 3 is 2.32 bits per heavy atom. The molecule has 0 spiro atoms. The second-order valence-electron chi connectivity index (χ2n) is 7.69. The molecule has 3 aromatic carbocycles. The van der Waals surface area contributed by atoms with E-state index in [1.165, 1.54) is 17.0 Å². The largest absolute Gasteiger partial charge is 0.493 e. The molecule has 0 saturated carbocycles. The highest BCUT2D eigenvalue weighted by atomic mass is 19.1. The zero-order valence-electron chi connectivity index (χ0n) is 18.4. The number of carbonyl (C=O) groups is 3. The average Bonchev–Trinajstić information content (AvgIpc) is 3.25. The van der Waals surface area contributed by atoms with Crippen LogP contribution < -0.4 is 14.4 Å². The molecule has 1 atom stereocenters. The first-order chi connectivity index (χ1) is 16.4. The highest BCUT2D eigenvalue weighted by Crippen LogP contribution is 2.33. The first-order valence-corrected chi connectivity index (χ1v) is 10.6. The summed E-state index contributed by atoms with van der Waals surface area (Å²) in [6.07, 6.45) is -0.0109. The summed E-state index contributed by atoms with van der Waals surface area (Å²) in [4.78, 5) is 38.6. The highest BCUT2D eigenvalue weighted by Gasteiger charge is 2.36. The van der Waals surface area contributed by atoms with E-state index in [-0.39, 0.29) is 24.4 Å². The van der Waals surface area contributed by atoms with Crippen LogP contribution in [0.2, 0.25) is 0 Å². The van der Waals surface area contributed by atoms with Crippen molar-refractivity contribution in [3.63, 3.8) is 0 Å². The van der Waals surface area contributed by atoms with E-state index in [1.54, 1.807) is 43.5 Å². The van der Waals surface area contributed by atoms with Crippen LogP contribution in [0.15, 0.2) is 72.8 Å². The van der Waals surface area contributed by atoms with E-state index in [0.29, 0.717) is 22.9 Å². The van der Waals surface area contributed by atoms with Gasteiger partial charge in [0.05, 0.1) is 13.0 Å². The molecule has 0 N–H and O–H groups in total. The summed E-state index contributed by atoms with van der Waals surface area (Å²) in [6, 6.07) is 19.1. The van der Waals surface area contributed by atoms with Gasteiger partial charge in [-0.1, -0.05) is 12.1 Å². The number of ketones is 1. The molecular formula is C26H22FNO6. The molecule has 1 aliphatic rings. The van der Waals surface area contributed by atoms with Gasteiger partial charge in [-0.05, 0) is 60.7 Å². The predicted octanol–water partition coefficient (Wildman–Crippen LogP) is 4.41. The van der Waals surface area contributed by atoms with Crippen LogP contribution in [-0.2, 0) is 14.3 Å². The Balaban J connectivity index is 1.34.